The van der Waals surface area contributed by atoms with Gasteiger partial charge in [-0.25, -0.2) is 4.79 Å². The van der Waals surface area contributed by atoms with Gasteiger partial charge in [0.2, 0.25) is 5.91 Å². The second kappa shape index (κ2) is 9.18. The van der Waals surface area contributed by atoms with Crippen LogP contribution >= 0.6 is 24.0 Å². The van der Waals surface area contributed by atoms with Crippen molar-refractivity contribution in [3.8, 4) is 0 Å². The Hall–Kier alpha value is -0.820. The third-order valence-electron chi connectivity index (χ3n) is 2.95. The van der Waals surface area contributed by atoms with Gasteiger partial charge in [0.25, 0.3) is 0 Å². The molecule has 0 aromatic heterocycles. The number of imide groups is 1. The Bertz CT molecular complexity index is 356. The lowest BCUT2D eigenvalue weighted by Gasteiger charge is -2.17. The van der Waals surface area contributed by atoms with Crippen LogP contribution in [0, 0.1) is 5.92 Å². The van der Waals surface area contributed by atoms with Gasteiger partial charge in [-0.2, -0.15) is 0 Å². The van der Waals surface area contributed by atoms with Crippen LogP contribution in [0.25, 0.3) is 0 Å². The van der Waals surface area contributed by atoms with Crippen LogP contribution in [0.15, 0.2) is 0 Å². The molecule has 1 heterocycles. The van der Waals surface area contributed by atoms with Crippen LogP contribution in [-0.2, 0) is 4.79 Å². The molecule has 0 aliphatic carbocycles. The predicted molar refractivity (Wildman–Crippen MR) is 86.9 cm³/mol. The van der Waals surface area contributed by atoms with E-state index in [0.717, 1.165) is 36.7 Å². The molecule has 0 saturated carbocycles. The van der Waals surface area contributed by atoms with Crippen molar-refractivity contribution < 1.29 is 9.59 Å². The summed E-state index contributed by atoms with van der Waals surface area (Å²) in [5.74, 6) is 0.408. The molecule has 0 aromatic carbocycles. The summed E-state index contributed by atoms with van der Waals surface area (Å²) >= 11 is 6.57. The molecule has 3 amide bonds. The van der Waals surface area contributed by atoms with E-state index >= 15 is 0 Å². The topological polar surface area (TPSA) is 61.4 Å². The van der Waals surface area contributed by atoms with Gasteiger partial charge in [-0.05, 0) is 25.2 Å². The van der Waals surface area contributed by atoms with E-state index in [9.17, 15) is 9.59 Å². The number of thiocarbonyl (C=S) groups is 1. The van der Waals surface area contributed by atoms with E-state index in [1.54, 1.807) is 0 Å². The molecule has 0 radical (unpaired) electrons. The van der Waals surface area contributed by atoms with Gasteiger partial charge in [0.05, 0.1) is 5.75 Å². The van der Waals surface area contributed by atoms with Crippen LogP contribution in [0.1, 0.15) is 33.1 Å². The molecule has 5 nitrogen and oxygen atoms in total. The average molecular weight is 317 g/mol. The minimum atomic E-state index is -0.427. The number of rotatable bonds is 5. The Morgan fingerprint density at radius 2 is 1.95 bits per heavy atom. The van der Waals surface area contributed by atoms with Gasteiger partial charge in [0.15, 0.2) is 0 Å². The summed E-state index contributed by atoms with van der Waals surface area (Å²) in [6.07, 6.45) is 3.21. The average Bonchev–Trinajstić information content (AvgIpc) is 2.89. The van der Waals surface area contributed by atoms with Crippen LogP contribution in [0.3, 0.4) is 0 Å². The summed E-state index contributed by atoms with van der Waals surface area (Å²) in [4.78, 5) is 25.1. The van der Waals surface area contributed by atoms with Crippen molar-refractivity contribution in [1.29, 1.82) is 0 Å². The number of carbonyl (C=O) groups excluding carboxylic acids is 2. The molecule has 1 fully saturated rings. The third kappa shape index (κ3) is 7.09. The first-order valence-corrected chi connectivity index (χ1v) is 8.38. The molecule has 1 aliphatic rings. The molecule has 1 saturated heterocycles. The zero-order valence-electron chi connectivity index (χ0n) is 12.1. The highest BCUT2D eigenvalue weighted by Gasteiger charge is 2.16. The number of nitrogens with one attached hydrogen (secondary N) is 2. The van der Waals surface area contributed by atoms with Crippen LogP contribution in [0.2, 0.25) is 0 Å². The molecule has 7 heteroatoms. The minimum Gasteiger partial charge on any atom is -0.358 e. The maximum absolute atomic E-state index is 11.6. The second-order valence-electron chi connectivity index (χ2n) is 5.24. The molecule has 0 aromatic rings. The predicted octanol–water partition coefficient (Wildman–Crippen LogP) is 1.97. The SMILES string of the molecule is CC(C)CCNC(=O)NC(=O)CSC(=S)N1CCCC1. The number of hydrogen-bond acceptors (Lipinski definition) is 4. The van der Waals surface area contributed by atoms with E-state index in [1.165, 1.54) is 11.8 Å². The van der Waals surface area contributed by atoms with E-state index in [4.69, 9.17) is 12.2 Å². The molecule has 1 aliphatic heterocycles. The van der Waals surface area contributed by atoms with Crippen LogP contribution in [0.4, 0.5) is 4.79 Å². The number of thioether (sulfide) groups is 1. The third-order valence-corrected chi connectivity index (χ3v) is 4.47. The minimum absolute atomic E-state index is 0.187. The lowest BCUT2D eigenvalue weighted by molar-refractivity contribution is -0.117. The molecule has 20 heavy (non-hydrogen) atoms. The van der Waals surface area contributed by atoms with Crippen molar-refractivity contribution >= 4 is 40.2 Å². The first kappa shape index (κ1) is 17.2. The highest BCUT2D eigenvalue weighted by Crippen LogP contribution is 2.15. The largest absolute Gasteiger partial charge is 0.358 e. The Balaban J connectivity index is 2.12. The van der Waals surface area contributed by atoms with Crippen molar-refractivity contribution in [2.75, 3.05) is 25.4 Å². The van der Waals surface area contributed by atoms with E-state index in [1.807, 2.05) is 0 Å². The van der Waals surface area contributed by atoms with Gasteiger partial charge >= 0.3 is 6.03 Å². The molecule has 0 unspecified atom stereocenters. The number of carbonyl (C=O) groups is 2. The number of nitrogens with zero attached hydrogens (tertiary/aromatic N) is 1. The summed E-state index contributed by atoms with van der Waals surface area (Å²) in [7, 11) is 0. The Morgan fingerprint density at radius 3 is 2.55 bits per heavy atom. The van der Waals surface area contributed by atoms with E-state index < -0.39 is 6.03 Å². The summed E-state index contributed by atoms with van der Waals surface area (Å²) in [6, 6.07) is -0.427. The molecule has 114 valence electrons. The van der Waals surface area contributed by atoms with Crippen molar-refractivity contribution in [2.24, 2.45) is 5.92 Å². The highest BCUT2D eigenvalue weighted by atomic mass is 32.2. The van der Waals surface area contributed by atoms with E-state index in [0.29, 0.717) is 12.5 Å². The maximum Gasteiger partial charge on any atom is 0.321 e. The van der Waals surface area contributed by atoms with Crippen molar-refractivity contribution in [2.45, 2.75) is 33.1 Å². The van der Waals surface area contributed by atoms with Gasteiger partial charge < -0.3 is 10.2 Å². The second-order valence-corrected chi connectivity index (χ2v) is 6.84. The highest BCUT2D eigenvalue weighted by molar-refractivity contribution is 8.23. The zero-order chi connectivity index (χ0) is 15.0. The number of likely N-dealkylation sites (tertiary alicyclic amines) is 1. The first-order chi connectivity index (χ1) is 9.49. The van der Waals surface area contributed by atoms with Crippen LogP contribution < -0.4 is 10.6 Å². The molecule has 0 spiro atoms. The van der Waals surface area contributed by atoms with Gasteiger partial charge in [0, 0.05) is 19.6 Å². The lowest BCUT2D eigenvalue weighted by Crippen LogP contribution is -2.41. The molecule has 0 bridgehead atoms. The fraction of sp³-hybridized carbons (Fsp3) is 0.769. The molecular formula is C13H23N3O2S2. The maximum atomic E-state index is 11.6. The summed E-state index contributed by atoms with van der Waals surface area (Å²) < 4.78 is 0.748. The van der Waals surface area contributed by atoms with Crippen molar-refractivity contribution in [3.05, 3.63) is 0 Å². The Labute approximate surface area is 130 Å². The summed E-state index contributed by atoms with van der Waals surface area (Å²) in [5, 5.41) is 4.98. The van der Waals surface area contributed by atoms with Gasteiger partial charge in [-0.3, -0.25) is 10.1 Å². The zero-order valence-corrected chi connectivity index (χ0v) is 13.7. The van der Waals surface area contributed by atoms with Gasteiger partial charge in [0.1, 0.15) is 4.32 Å². The molecular weight excluding hydrogens is 294 g/mol. The normalized spacial score (nSPS) is 14.4. The Kier molecular flexibility index (Phi) is 7.91. The van der Waals surface area contributed by atoms with Gasteiger partial charge in [-0.1, -0.05) is 37.8 Å². The number of hydrogen-bond donors (Lipinski definition) is 2. The lowest BCUT2D eigenvalue weighted by atomic mass is 10.1. The van der Waals surface area contributed by atoms with Crippen molar-refractivity contribution in [3.63, 3.8) is 0 Å². The number of amides is 3. The fourth-order valence-electron chi connectivity index (χ4n) is 1.80. The monoisotopic (exact) mass is 317 g/mol. The Morgan fingerprint density at radius 1 is 1.30 bits per heavy atom. The fourth-order valence-corrected chi connectivity index (χ4v) is 2.85. The standard InChI is InChI=1S/C13H23N3O2S2/c1-10(2)5-6-14-12(18)15-11(17)9-20-13(19)16-7-3-4-8-16/h10H,3-9H2,1-2H3,(H2,14,15,17,18). The quantitative estimate of drug-likeness (QED) is 0.759. The molecule has 0 atom stereocenters. The van der Waals surface area contributed by atoms with E-state index in [2.05, 4.69) is 29.4 Å². The summed E-state index contributed by atoms with van der Waals surface area (Å²) in [6.45, 7) is 6.70. The summed E-state index contributed by atoms with van der Waals surface area (Å²) in [5.41, 5.74) is 0. The first-order valence-electron chi connectivity index (χ1n) is 6.98. The van der Waals surface area contributed by atoms with Crippen LogP contribution in [-0.4, -0.2) is 46.5 Å². The van der Waals surface area contributed by atoms with Crippen molar-refractivity contribution in [1.82, 2.24) is 15.5 Å². The van der Waals surface area contributed by atoms with E-state index in [-0.39, 0.29) is 11.7 Å². The van der Waals surface area contributed by atoms with Crippen LogP contribution in [0.5, 0.6) is 0 Å². The molecule has 1 rings (SSSR count). The van der Waals surface area contributed by atoms with Gasteiger partial charge in [-0.15, -0.1) is 0 Å². The number of urea groups is 1. The molecule has 2 N–H and O–H groups in total. The smallest absolute Gasteiger partial charge is 0.321 e.